The van der Waals surface area contributed by atoms with E-state index in [-0.39, 0.29) is 0 Å². The third-order valence-corrected chi connectivity index (χ3v) is 2.25. The van der Waals surface area contributed by atoms with Gasteiger partial charge in [-0.2, -0.15) is 0 Å². The molecular formula is C10H21N2O. The van der Waals surface area contributed by atoms with E-state index in [1.54, 1.807) is 0 Å². The van der Waals surface area contributed by atoms with E-state index in [4.69, 9.17) is 10.5 Å². The average molecular weight is 185 g/mol. The zero-order valence-corrected chi connectivity index (χ0v) is 8.75. The predicted molar refractivity (Wildman–Crippen MR) is 54.4 cm³/mol. The van der Waals surface area contributed by atoms with Gasteiger partial charge in [0.05, 0.1) is 12.7 Å². The van der Waals surface area contributed by atoms with Gasteiger partial charge in [0.25, 0.3) is 0 Å². The van der Waals surface area contributed by atoms with E-state index in [0.29, 0.717) is 6.10 Å². The van der Waals surface area contributed by atoms with Crippen LogP contribution >= 0.6 is 0 Å². The van der Waals surface area contributed by atoms with Crippen LogP contribution in [0.1, 0.15) is 20.3 Å². The summed E-state index contributed by atoms with van der Waals surface area (Å²) in [5, 5.41) is 0. The minimum absolute atomic E-state index is 0.359. The Morgan fingerprint density at radius 1 is 1.54 bits per heavy atom. The number of rotatable bonds is 4. The first-order valence-corrected chi connectivity index (χ1v) is 5.05. The van der Waals surface area contributed by atoms with Gasteiger partial charge in [-0.15, -0.1) is 0 Å². The Morgan fingerprint density at radius 2 is 2.31 bits per heavy atom. The second kappa shape index (κ2) is 5.58. The van der Waals surface area contributed by atoms with Gasteiger partial charge >= 0.3 is 0 Å². The van der Waals surface area contributed by atoms with Crippen molar-refractivity contribution in [2.45, 2.75) is 26.4 Å². The molecular weight excluding hydrogens is 164 g/mol. The minimum Gasteiger partial charge on any atom is -0.376 e. The van der Waals surface area contributed by atoms with Gasteiger partial charge in [0, 0.05) is 19.6 Å². The standard InChI is InChI=1S/C10H21N2O/c1-9(2)7-12-5-6-13-10(8-12)3-4-11/h10H,3-8,11H2,1-2H3/t10-/m1/s1. The molecule has 1 fully saturated rings. The van der Waals surface area contributed by atoms with Crippen molar-refractivity contribution in [3.63, 3.8) is 0 Å². The normalized spacial score (nSPS) is 25.4. The van der Waals surface area contributed by atoms with Crippen molar-refractivity contribution in [1.29, 1.82) is 0 Å². The van der Waals surface area contributed by atoms with Crippen LogP contribution in [0.15, 0.2) is 0 Å². The van der Waals surface area contributed by atoms with Crippen LogP contribution in [0, 0.1) is 5.92 Å². The van der Waals surface area contributed by atoms with Gasteiger partial charge in [0.1, 0.15) is 0 Å². The molecule has 0 spiro atoms. The highest BCUT2D eigenvalue weighted by Gasteiger charge is 2.19. The van der Waals surface area contributed by atoms with Crippen LogP contribution in [-0.4, -0.2) is 43.8 Å². The molecule has 1 saturated heterocycles. The summed E-state index contributed by atoms with van der Waals surface area (Å²) in [6, 6.07) is 0. The highest BCUT2D eigenvalue weighted by molar-refractivity contribution is 4.84. The van der Waals surface area contributed by atoms with Crippen molar-refractivity contribution in [2.75, 3.05) is 32.8 Å². The largest absolute Gasteiger partial charge is 0.376 e. The number of ether oxygens (including phenoxy) is 1. The summed E-state index contributed by atoms with van der Waals surface area (Å²) in [5.41, 5.74) is 5.50. The van der Waals surface area contributed by atoms with Gasteiger partial charge in [-0.1, -0.05) is 13.8 Å². The van der Waals surface area contributed by atoms with Crippen LogP contribution in [0.3, 0.4) is 0 Å². The van der Waals surface area contributed by atoms with Crippen molar-refractivity contribution in [3.8, 4) is 0 Å². The Morgan fingerprint density at radius 3 is 2.92 bits per heavy atom. The van der Waals surface area contributed by atoms with E-state index < -0.39 is 0 Å². The van der Waals surface area contributed by atoms with Crippen LogP contribution in [0.5, 0.6) is 0 Å². The van der Waals surface area contributed by atoms with E-state index in [9.17, 15) is 0 Å². The maximum Gasteiger partial charge on any atom is 0.0714 e. The minimum atomic E-state index is 0.359. The van der Waals surface area contributed by atoms with Gasteiger partial charge in [-0.3, -0.25) is 4.90 Å². The van der Waals surface area contributed by atoms with E-state index in [1.165, 1.54) is 5.92 Å². The first-order chi connectivity index (χ1) is 6.22. The molecule has 0 unspecified atom stereocenters. The van der Waals surface area contributed by atoms with Crippen molar-refractivity contribution in [1.82, 2.24) is 4.90 Å². The molecule has 1 rings (SSSR count). The van der Waals surface area contributed by atoms with E-state index >= 15 is 0 Å². The van der Waals surface area contributed by atoms with Crippen LogP contribution in [0.4, 0.5) is 0 Å². The first kappa shape index (κ1) is 11.0. The van der Waals surface area contributed by atoms with Gasteiger partial charge in [0.2, 0.25) is 0 Å². The number of morpholine rings is 1. The molecule has 0 aromatic heterocycles. The van der Waals surface area contributed by atoms with Crippen molar-refractivity contribution in [3.05, 3.63) is 5.92 Å². The Kier molecular flexibility index (Phi) is 4.70. The molecule has 2 N–H and O–H groups in total. The highest BCUT2D eigenvalue weighted by Crippen LogP contribution is 2.10. The fraction of sp³-hybridized carbons (Fsp3) is 0.900. The first-order valence-electron chi connectivity index (χ1n) is 5.05. The third kappa shape index (κ3) is 4.07. The summed E-state index contributed by atoms with van der Waals surface area (Å²) in [5.74, 6) is 1.47. The zero-order chi connectivity index (χ0) is 9.68. The molecule has 1 atom stereocenters. The Labute approximate surface area is 81.2 Å². The second-order valence-corrected chi connectivity index (χ2v) is 4.01. The van der Waals surface area contributed by atoms with E-state index in [1.807, 2.05) is 0 Å². The summed E-state index contributed by atoms with van der Waals surface area (Å²) in [7, 11) is 0. The second-order valence-electron chi connectivity index (χ2n) is 4.01. The maximum atomic E-state index is 5.60. The van der Waals surface area contributed by atoms with Gasteiger partial charge in [0.15, 0.2) is 0 Å². The summed E-state index contributed by atoms with van der Waals surface area (Å²) in [4.78, 5) is 2.44. The molecule has 0 bridgehead atoms. The van der Waals surface area contributed by atoms with Crippen molar-refractivity contribution < 1.29 is 4.74 Å². The molecule has 77 valence electrons. The number of nitrogens with zero attached hydrogens (tertiary/aromatic N) is 1. The monoisotopic (exact) mass is 185 g/mol. The van der Waals surface area contributed by atoms with Gasteiger partial charge in [-0.25, -0.2) is 0 Å². The zero-order valence-electron chi connectivity index (χ0n) is 8.75. The lowest BCUT2D eigenvalue weighted by Crippen LogP contribution is -2.44. The molecule has 13 heavy (non-hydrogen) atoms. The lowest BCUT2D eigenvalue weighted by molar-refractivity contribution is -0.0290. The Bertz CT molecular complexity index is 137. The summed E-state index contributed by atoms with van der Waals surface area (Å²) in [6.07, 6.45) is 1.34. The highest BCUT2D eigenvalue weighted by atomic mass is 16.5. The molecule has 1 aliphatic rings. The third-order valence-electron chi connectivity index (χ3n) is 2.25. The van der Waals surface area contributed by atoms with Gasteiger partial charge < -0.3 is 10.5 Å². The van der Waals surface area contributed by atoms with Crippen molar-refractivity contribution in [2.24, 2.45) is 5.73 Å². The van der Waals surface area contributed by atoms with Gasteiger partial charge in [-0.05, 0) is 18.9 Å². The predicted octanol–water partition coefficient (Wildman–Crippen LogP) is 0.650. The van der Waals surface area contributed by atoms with Crippen LogP contribution in [0.2, 0.25) is 0 Å². The summed E-state index contributed by atoms with van der Waals surface area (Å²) in [6.45, 7) is 9.14. The summed E-state index contributed by atoms with van der Waals surface area (Å²) >= 11 is 0. The SMILES string of the molecule is C[C](C)CN1CCO[C@H](CCN)C1. The van der Waals surface area contributed by atoms with E-state index in [0.717, 1.165) is 39.2 Å². The van der Waals surface area contributed by atoms with E-state index in [2.05, 4.69) is 18.7 Å². The quantitative estimate of drug-likeness (QED) is 0.699. The lowest BCUT2D eigenvalue weighted by atomic mass is 10.1. The molecule has 0 aromatic rings. The number of hydrogen-bond donors (Lipinski definition) is 1. The molecule has 0 aliphatic carbocycles. The molecule has 0 saturated carbocycles. The number of hydrogen-bond acceptors (Lipinski definition) is 3. The fourth-order valence-corrected chi connectivity index (χ4v) is 1.73. The summed E-state index contributed by atoms with van der Waals surface area (Å²) < 4.78 is 5.60. The van der Waals surface area contributed by atoms with Crippen LogP contribution in [-0.2, 0) is 4.74 Å². The molecule has 0 aromatic carbocycles. The fourth-order valence-electron chi connectivity index (χ4n) is 1.73. The molecule has 1 heterocycles. The Balaban J connectivity index is 2.24. The van der Waals surface area contributed by atoms with Crippen LogP contribution in [0.25, 0.3) is 0 Å². The molecule has 3 nitrogen and oxygen atoms in total. The molecule has 3 heteroatoms. The molecule has 0 amide bonds. The van der Waals surface area contributed by atoms with Crippen molar-refractivity contribution >= 4 is 0 Å². The molecule has 1 aliphatic heterocycles. The smallest absolute Gasteiger partial charge is 0.0714 e. The average Bonchev–Trinajstić information content (AvgIpc) is 2.04. The topological polar surface area (TPSA) is 38.5 Å². The molecule has 1 radical (unpaired) electrons. The lowest BCUT2D eigenvalue weighted by Gasteiger charge is -2.33. The Hall–Kier alpha value is -0.120. The maximum absolute atomic E-state index is 5.60. The number of nitrogens with two attached hydrogens (primary N) is 1. The van der Waals surface area contributed by atoms with Crippen LogP contribution < -0.4 is 5.73 Å².